The second-order valence-electron chi connectivity index (χ2n) is 6.44. The van der Waals surface area contributed by atoms with Crippen molar-refractivity contribution in [3.8, 4) is 0 Å². The third kappa shape index (κ3) is 5.80. The molecule has 0 aliphatic rings. The first-order valence-corrected chi connectivity index (χ1v) is 11.8. The smallest absolute Gasteiger partial charge is 0.251 e. The predicted octanol–water partition coefficient (Wildman–Crippen LogP) is 2.26. The van der Waals surface area contributed by atoms with Crippen LogP contribution in [0.15, 0.2) is 47.4 Å². The van der Waals surface area contributed by atoms with Gasteiger partial charge >= 0.3 is 0 Å². The van der Waals surface area contributed by atoms with Crippen LogP contribution < -0.4 is 10.0 Å². The Morgan fingerprint density at radius 3 is 2.07 bits per heavy atom. The fourth-order valence-corrected chi connectivity index (χ4v) is 3.69. The Morgan fingerprint density at radius 2 is 1.56 bits per heavy atom. The molecule has 2 rings (SSSR count). The van der Waals surface area contributed by atoms with E-state index in [1.54, 1.807) is 38.1 Å². The van der Waals surface area contributed by atoms with Gasteiger partial charge in [-0.15, -0.1) is 0 Å². The molecule has 0 saturated heterocycles. The van der Waals surface area contributed by atoms with Gasteiger partial charge in [-0.2, -0.15) is 0 Å². The molecule has 0 saturated carbocycles. The van der Waals surface area contributed by atoms with Crippen molar-refractivity contribution in [1.82, 2.24) is 5.32 Å². The zero-order chi connectivity index (χ0) is 20.4. The maximum atomic E-state index is 12.5. The standard InChI is InChI=1S/C18H22N2O5S2/c1-12-5-6-15(11-17(12)20-27(4,24)25)18(21)19-13(2)14-7-9-16(10-8-14)26(3,22)23/h5-11,13,20H,1-4H3,(H,19,21)/t13-/m0/s1. The molecule has 0 fully saturated rings. The third-order valence-corrected chi connectivity index (χ3v) is 5.67. The van der Waals surface area contributed by atoms with E-state index in [4.69, 9.17) is 0 Å². The molecule has 0 aliphatic carbocycles. The zero-order valence-electron chi connectivity index (χ0n) is 15.5. The molecule has 0 heterocycles. The third-order valence-electron chi connectivity index (χ3n) is 3.95. The van der Waals surface area contributed by atoms with Crippen molar-refractivity contribution >= 4 is 31.5 Å². The summed E-state index contributed by atoms with van der Waals surface area (Å²) in [7, 11) is -6.73. The quantitative estimate of drug-likeness (QED) is 0.759. The van der Waals surface area contributed by atoms with Gasteiger partial charge in [0.1, 0.15) is 0 Å². The van der Waals surface area contributed by atoms with E-state index in [1.165, 1.54) is 18.2 Å². The van der Waals surface area contributed by atoms with Gasteiger partial charge in [0.2, 0.25) is 10.0 Å². The summed E-state index contributed by atoms with van der Waals surface area (Å²) in [6.45, 7) is 3.51. The van der Waals surface area contributed by atoms with Crippen LogP contribution in [-0.2, 0) is 19.9 Å². The Balaban J connectivity index is 2.18. The number of benzene rings is 2. The molecule has 1 amide bonds. The first kappa shape index (κ1) is 20.9. The van der Waals surface area contributed by atoms with Gasteiger partial charge in [-0.05, 0) is 49.2 Å². The molecule has 0 spiro atoms. The van der Waals surface area contributed by atoms with Crippen LogP contribution in [0.1, 0.15) is 34.5 Å². The summed E-state index contributed by atoms with van der Waals surface area (Å²) in [5.74, 6) is -0.369. The van der Waals surface area contributed by atoms with Crippen molar-refractivity contribution in [1.29, 1.82) is 0 Å². The summed E-state index contributed by atoms with van der Waals surface area (Å²) in [6.07, 6.45) is 2.17. The van der Waals surface area contributed by atoms with E-state index in [2.05, 4.69) is 10.0 Å². The van der Waals surface area contributed by atoms with Crippen LogP contribution in [0.3, 0.4) is 0 Å². The number of sulfone groups is 1. The summed E-state index contributed by atoms with van der Waals surface area (Å²) >= 11 is 0. The number of amides is 1. The Labute approximate surface area is 159 Å². The number of nitrogens with one attached hydrogen (secondary N) is 2. The highest BCUT2D eigenvalue weighted by Gasteiger charge is 2.15. The number of anilines is 1. The summed E-state index contributed by atoms with van der Waals surface area (Å²) in [4.78, 5) is 12.7. The Morgan fingerprint density at radius 1 is 0.963 bits per heavy atom. The second kappa shape index (κ2) is 7.69. The minimum absolute atomic E-state index is 0.208. The summed E-state index contributed by atoms with van der Waals surface area (Å²) in [5, 5.41) is 2.81. The lowest BCUT2D eigenvalue weighted by atomic mass is 10.1. The number of carbonyl (C=O) groups is 1. The number of aryl methyl sites for hydroxylation is 1. The van der Waals surface area contributed by atoms with Crippen molar-refractivity contribution < 1.29 is 21.6 Å². The normalized spacial score (nSPS) is 13.0. The molecule has 0 aromatic heterocycles. The molecule has 2 aromatic carbocycles. The number of carbonyl (C=O) groups excluding carboxylic acids is 1. The molecule has 0 aliphatic heterocycles. The van der Waals surface area contributed by atoms with E-state index in [0.717, 1.165) is 18.1 Å². The number of sulfonamides is 1. The topological polar surface area (TPSA) is 109 Å². The van der Waals surface area contributed by atoms with Gasteiger partial charge in [-0.3, -0.25) is 9.52 Å². The van der Waals surface area contributed by atoms with Gasteiger partial charge in [0, 0.05) is 11.8 Å². The van der Waals surface area contributed by atoms with E-state index in [-0.39, 0.29) is 16.8 Å². The highest BCUT2D eigenvalue weighted by molar-refractivity contribution is 7.92. The minimum atomic E-state index is -3.46. The van der Waals surface area contributed by atoms with Gasteiger partial charge in [-0.1, -0.05) is 18.2 Å². The molecular weight excluding hydrogens is 388 g/mol. The van der Waals surface area contributed by atoms with E-state index in [9.17, 15) is 21.6 Å². The van der Waals surface area contributed by atoms with Crippen LogP contribution in [-0.4, -0.2) is 35.3 Å². The van der Waals surface area contributed by atoms with Crippen molar-refractivity contribution in [3.63, 3.8) is 0 Å². The molecular formula is C18H22N2O5S2. The van der Waals surface area contributed by atoms with E-state index >= 15 is 0 Å². The lowest BCUT2D eigenvalue weighted by molar-refractivity contribution is 0.0940. The molecule has 9 heteroatoms. The zero-order valence-corrected chi connectivity index (χ0v) is 17.1. The van der Waals surface area contributed by atoms with Crippen molar-refractivity contribution in [2.45, 2.75) is 24.8 Å². The lowest BCUT2D eigenvalue weighted by Crippen LogP contribution is -2.26. The fourth-order valence-electron chi connectivity index (χ4n) is 2.44. The van der Waals surface area contributed by atoms with Gasteiger partial charge in [0.05, 0.1) is 22.9 Å². The van der Waals surface area contributed by atoms with Crippen LogP contribution in [0.2, 0.25) is 0 Å². The first-order chi connectivity index (χ1) is 12.4. The Kier molecular flexibility index (Phi) is 5.96. The highest BCUT2D eigenvalue weighted by Crippen LogP contribution is 2.20. The average Bonchev–Trinajstić information content (AvgIpc) is 2.54. The van der Waals surface area contributed by atoms with Gasteiger partial charge < -0.3 is 5.32 Å². The lowest BCUT2D eigenvalue weighted by Gasteiger charge is -2.16. The van der Waals surface area contributed by atoms with E-state index in [1.807, 2.05) is 0 Å². The molecule has 2 N–H and O–H groups in total. The molecule has 0 unspecified atom stereocenters. The maximum absolute atomic E-state index is 12.5. The van der Waals surface area contributed by atoms with Crippen LogP contribution in [0.25, 0.3) is 0 Å². The monoisotopic (exact) mass is 410 g/mol. The minimum Gasteiger partial charge on any atom is -0.346 e. The maximum Gasteiger partial charge on any atom is 0.251 e. The van der Waals surface area contributed by atoms with Crippen molar-refractivity contribution in [3.05, 3.63) is 59.2 Å². The summed E-state index contributed by atoms with van der Waals surface area (Å²) in [6, 6.07) is 10.7. The van der Waals surface area contributed by atoms with Crippen LogP contribution in [0.5, 0.6) is 0 Å². The molecule has 27 heavy (non-hydrogen) atoms. The molecule has 0 radical (unpaired) electrons. The molecule has 1 atom stereocenters. The fraction of sp³-hybridized carbons (Fsp3) is 0.278. The Bertz CT molecular complexity index is 1060. The highest BCUT2D eigenvalue weighted by atomic mass is 32.2. The van der Waals surface area contributed by atoms with Crippen molar-refractivity contribution in [2.24, 2.45) is 0 Å². The SMILES string of the molecule is Cc1ccc(C(=O)N[C@@H](C)c2ccc(S(C)(=O)=O)cc2)cc1NS(C)(=O)=O. The number of rotatable bonds is 6. The van der Waals surface area contributed by atoms with Crippen LogP contribution >= 0.6 is 0 Å². The first-order valence-electron chi connectivity index (χ1n) is 8.06. The largest absolute Gasteiger partial charge is 0.346 e. The van der Waals surface area contributed by atoms with E-state index < -0.39 is 19.9 Å². The molecule has 146 valence electrons. The number of hydrogen-bond acceptors (Lipinski definition) is 5. The predicted molar refractivity (Wildman–Crippen MR) is 105 cm³/mol. The molecule has 7 nitrogen and oxygen atoms in total. The summed E-state index contributed by atoms with van der Waals surface area (Å²) < 4.78 is 48.3. The molecule has 2 aromatic rings. The van der Waals surface area contributed by atoms with Crippen LogP contribution in [0.4, 0.5) is 5.69 Å². The molecule has 0 bridgehead atoms. The Hall–Kier alpha value is -2.39. The van der Waals surface area contributed by atoms with Gasteiger partial charge in [-0.25, -0.2) is 16.8 Å². The van der Waals surface area contributed by atoms with Crippen molar-refractivity contribution in [2.75, 3.05) is 17.2 Å². The van der Waals surface area contributed by atoms with E-state index in [0.29, 0.717) is 16.8 Å². The average molecular weight is 411 g/mol. The van der Waals surface area contributed by atoms with Gasteiger partial charge in [0.25, 0.3) is 5.91 Å². The van der Waals surface area contributed by atoms with Crippen LogP contribution in [0, 0.1) is 6.92 Å². The second-order valence-corrected chi connectivity index (χ2v) is 10.2. The number of hydrogen-bond donors (Lipinski definition) is 2. The summed E-state index contributed by atoms with van der Waals surface area (Å²) in [5.41, 5.74) is 2.10. The van der Waals surface area contributed by atoms with Gasteiger partial charge in [0.15, 0.2) is 9.84 Å².